The van der Waals surface area contributed by atoms with Gasteiger partial charge in [0.05, 0.1) is 17.8 Å². The van der Waals surface area contributed by atoms with Gasteiger partial charge in [-0.15, -0.1) is 0 Å². The molecule has 5 nitrogen and oxygen atoms in total. The van der Waals surface area contributed by atoms with E-state index in [1.807, 2.05) is 6.92 Å². The molecule has 0 radical (unpaired) electrons. The van der Waals surface area contributed by atoms with E-state index in [9.17, 15) is 9.90 Å². The van der Waals surface area contributed by atoms with Gasteiger partial charge in [0.15, 0.2) is 0 Å². The second-order valence-corrected chi connectivity index (χ2v) is 5.68. The molecule has 2 saturated heterocycles. The van der Waals surface area contributed by atoms with E-state index in [4.69, 9.17) is 14.2 Å². The summed E-state index contributed by atoms with van der Waals surface area (Å²) >= 11 is 0. The van der Waals surface area contributed by atoms with Gasteiger partial charge in [-0.25, -0.2) is 0 Å². The number of aliphatic hydroxyl groups is 1. The number of hydrogen-bond donors (Lipinski definition) is 1. The second-order valence-electron chi connectivity index (χ2n) is 5.68. The summed E-state index contributed by atoms with van der Waals surface area (Å²) in [5.41, 5.74) is -1.89. The van der Waals surface area contributed by atoms with Crippen molar-refractivity contribution in [3.8, 4) is 5.75 Å². The minimum absolute atomic E-state index is 0.274. The number of hydrogen-bond acceptors (Lipinski definition) is 5. The van der Waals surface area contributed by atoms with Gasteiger partial charge in [0.1, 0.15) is 5.75 Å². The zero-order valence-corrected chi connectivity index (χ0v) is 10.5. The molecule has 3 heterocycles. The molecule has 5 heteroatoms. The minimum Gasteiger partial charge on any atom is -0.436 e. The zero-order valence-electron chi connectivity index (χ0n) is 10.5. The van der Waals surface area contributed by atoms with E-state index in [0.717, 1.165) is 0 Å². The van der Waals surface area contributed by atoms with Crippen LogP contribution in [0.2, 0.25) is 0 Å². The van der Waals surface area contributed by atoms with Crippen LogP contribution in [0.5, 0.6) is 5.75 Å². The van der Waals surface area contributed by atoms with Crippen molar-refractivity contribution in [1.29, 1.82) is 0 Å². The van der Waals surface area contributed by atoms with Gasteiger partial charge in [-0.1, -0.05) is 12.1 Å². The first-order valence-electron chi connectivity index (χ1n) is 6.38. The molecule has 2 bridgehead atoms. The van der Waals surface area contributed by atoms with E-state index in [1.165, 1.54) is 0 Å². The standard InChI is InChI=1S/C14H14O5/c1-12-6-7-13(16)11(15)9-4-2-3-5-10(9)18-14(13,19-12)17-8-12/h2-5,16H,6-8H2,1H3/t12-,13-,14+/m1/s1. The Morgan fingerprint density at radius 3 is 2.89 bits per heavy atom. The van der Waals surface area contributed by atoms with E-state index in [-0.39, 0.29) is 6.42 Å². The van der Waals surface area contributed by atoms with Crippen LogP contribution < -0.4 is 4.74 Å². The van der Waals surface area contributed by atoms with Gasteiger partial charge >= 0.3 is 5.97 Å². The van der Waals surface area contributed by atoms with Crippen LogP contribution in [0.25, 0.3) is 0 Å². The van der Waals surface area contributed by atoms with Gasteiger partial charge in [0.2, 0.25) is 11.4 Å². The van der Waals surface area contributed by atoms with Crippen molar-refractivity contribution in [3.63, 3.8) is 0 Å². The largest absolute Gasteiger partial charge is 0.436 e. The smallest absolute Gasteiger partial charge is 0.366 e. The highest BCUT2D eigenvalue weighted by atomic mass is 16.9. The third-order valence-corrected chi connectivity index (χ3v) is 4.22. The summed E-state index contributed by atoms with van der Waals surface area (Å²) in [6, 6.07) is 6.83. The normalized spacial score (nSPS) is 43.4. The van der Waals surface area contributed by atoms with E-state index >= 15 is 0 Å². The van der Waals surface area contributed by atoms with Crippen LogP contribution in [0, 0.1) is 0 Å². The van der Waals surface area contributed by atoms with Crippen molar-refractivity contribution in [2.45, 2.75) is 36.9 Å². The second kappa shape index (κ2) is 3.17. The fourth-order valence-corrected chi connectivity index (χ4v) is 3.05. The number of benzene rings is 1. The summed E-state index contributed by atoms with van der Waals surface area (Å²) in [4.78, 5) is 12.6. The first-order chi connectivity index (χ1) is 8.98. The number of carbonyl (C=O) groups is 1. The number of carbonyl (C=O) groups excluding carboxylic acids is 1. The lowest BCUT2D eigenvalue weighted by molar-refractivity contribution is -0.383. The molecular formula is C14H14O5. The van der Waals surface area contributed by atoms with Gasteiger partial charge in [-0.3, -0.25) is 4.79 Å². The Morgan fingerprint density at radius 1 is 1.26 bits per heavy atom. The fraction of sp³-hybridized carbons (Fsp3) is 0.500. The topological polar surface area (TPSA) is 65.0 Å². The lowest BCUT2D eigenvalue weighted by Gasteiger charge is -2.48. The molecule has 19 heavy (non-hydrogen) atoms. The minimum atomic E-state index is -1.77. The van der Waals surface area contributed by atoms with Gasteiger partial charge in [-0.05, 0) is 31.9 Å². The van der Waals surface area contributed by atoms with E-state index < -0.39 is 23.0 Å². The third-order valence-electron chi connectivity index (χ3n) is 4.22. The highest BCUT2D eigenvalue weighted by Crippen LogP contribution is 2.53. The molecule has 100 valence electrons. The Balaban J connectivity index is 1.91. The van der Waals surface area contributed by atoms with Gasteiger partial charge in [-0.2, -0.15) is 0 Å². The Labute approximate surface area is 110 Å². The predicted molar refractivity (Wildman–Crippen MR) is 63.8 cm³/mol. The van der Waals surface area contributed by atoms with Crippen molar-refractivity contribution in [3.05, 3.63) is 29.8 Å². The molecule has 1 N–H and O–H groups in total. The van der Waals surface area contributed by atoms with Crippen LogP contribution in [0.3, 0.4) is 0 Å². The summed E-state index contributed by atoms with van der Waals surface area (Å²) in [5, 5.41) is 10.8. The molecule has 0 aliphatic carbocycles. The van der Waals surface area contributed by atoms with Crippen LogP contribution in [-0.4, -0.2) is 34.7 Å². The summed E-state index contributed by atoms with van der Waals surface area (Å²) in [5.74, 6) is -1.69. The maximum atomic E-state index is 12.6. The highest BCUT2D eigenvalue weighted by Gasteiger charge is 2.72. The van der Waals surface area contributed by atoms with Crippen LogP contribution in [0.4, 0.5) is 0 Å². The molecule has 2 fully saturated rings. The molecule has 0 saturated carbocycles. The SMILES string of the molecule is C[C@@]12CC[C@@]3(O)C(=O)c4ccccc4O[C@]3(OC1)O2. The molecule has 1 aromatic rings. The van der Waals surface area contributed by atoms with Crippen LogP contribution in [0.1, 0.15) is 30.1 Å². The Bertz CT molecular complexity index is 585. The number of ether oxygens (including phenoxy) is 3. The maximum absolute atomic E-state index is 12.6. The van der Waals surface area contributed by atoms with Crippen LogP contribution >= 0.6 is 0 Å². The van der Waals surface area contributed by atoms with Gasteiger partial charge in [0.25, 0.3) is 0 Å². The average Bonchev–Trinajstić information content (AvgIpc) is 2.69. The number of para-hydroxylation sites is 1. The van der Waals surface area contributed by atoms with Crippen molar-refractivity contribution in [2.75, 3.05) is 6.61 Å². The van der Waals surface area contributed by atoms with Gasteiger partial charge in [0, 0.05) is 0 Å². The molecule has 1 spiro atoms. The molecular weight excluding hydrogens is 248 g/mol. The Morgan fingerprint density at radius 2 is 2.05 bits per heavy atom. The summed E-state index contributed by atoms with van der Waals surface area (Å²) in [6.45, 7) is 2.21. The number of rotatable bonds is 0. The van der Waals surface area contributed by atoms with E-state index in [2.05, 4.69) is 0 Å². The molecule has 0 amide bonds. The summed E-state index contributed by atoms with van der Waals surface area (Å²) in [7, 11) is 0. The molecule has 3 aliphatic rings. The average molecular weight is 262 g/mol. The number of ketones is 1. The predicted octanol–water partition coefficient (Wildman–Crippen LogP) is 1.25. The zero-order chi connectivity index (χ0) is 13.3. The number of fused-ring (bicyclic) bond motifs is 2. The molecule has 3 atom stereocenters. The van der Waals surface area contributed by atoms with Crippen molar-refractivity contribution >= 4 is 5.78 Å². The number of Topliss-reactive ketones (excluding diaryl/α,β-unsaturated/α-hetero) is 1. The monoisotopic (exact) mass is 262 g/mol. The highest BCUT2D eigenvalue weighted by molar-refractivity contribution is 6.06. The van der Waals surface area contributed by atoms with Crippen LogP contribution in [0.15, 0.2) is 24.3 Å². The lowest BCUT2D eigenvalue weighted by atomic mass is 9.79. The first-order valence-corrected chi connectivity index (χ1v) is 6.38. The Kier molecular flexibility index (Phi) is 1.91. The van der Waals surface area contributed by atoms with Crippen LogP contribution in [-0.2, 0) is 9.47 Å². The fourth-order valence-electron chi connectivity index (χ4n) is 3.05. The molecule has 0 aromatic heterocycles. The van der Waals surface area contributed by atoms with Gasteiger partial charge < -0.3 is 19.3 Å². The summed E-state index contributed by atoms with van der Waals surface area (Å²) in [6.07, 6.45) is 0.833. The quantitative estimate of drug-likeness (QED) is 0.762. The molecule has 3 aliphatic heterocycles. The lowest BCUT2D eigenvalue weighted by Crippen LogP contribution is -2.68. The molecule has 4 rings (SSSR count). The maximum Gasteiger partial charge on any atom is 0.366 e. The molecule has 0 unspecified atom stereocenters. The Hall–Kier alpha value is -1.43. The van der Waals surface area contributed by atoms with Crippen molar-refractivity contribution in [1.82, 2.24) is 0 Å². The third kappa shape index (κ3) is 1.23. The summed E-state index contributed by atoms with van der Waals surface area (Å²) < 4.78 is 17.1. The van der Waals surface area contributed by atoms with Crippen molar-refractivity contribution in [2.24, 2.45) is 0 Å². The van der Waals surface area contributed by atoms with Crippen molar-refractivity contribution < 1.29 is 24.1 Å². The van der Waals surface area contributed by atoms with E-state index in [0.29, 0.717) is 24.3 Å². The first kappa shape index (κ1) is 11.4. The van der Waals surface area contributed by atoms with E-state index in [1.54, 1.807) is 24.3 Å². The molecule has 1 aromatic carbocycles.